The van der Waals surface area contributed by atoms with Crippen LogP contribution in [0.3, 0.4) is 0 Å². The van der Waals surface area contributed by atoms with Gasteiger partial charge in [0, 0.05) is 37.8 Å². The maximum Gasteiger partial charge on any atom is 0.254 e. The van der Waals surface area contributed by atoms with Gasteiger partial charge in [-0.25, -0.2) is 19.6 Å². The SMILES string of the molecule is O=C(c1ccc(F)c(F)c1)N1CCN(C2CC(c3ccccc3)NN2)CC1. The zero-order chi connectivity index (χ0) is 18.8. The second-order valence-corrected chi connectivity index (χ2v) is 6.96. The average molecular weight is 372 g/mol. The van der Waals surface area contributed by atoms with Crippen molar-refractivity contribution in [3.8, 4) is 0 Å². The van der Waals surface area contributed by atoms with E-state index in [9.17, 15) is 13.6 Å². The Morgan fingerprint density at radius 2 is 1.67 bits per heavy atom. The van der Waals surface area contributed by atoms with Gasteiger partial charge in [-0.15, -0.1) is 0 Å². The Labute approximate surface area is 156 Å². The number of rotatable bonds is 3. The minimum Gasteiger partial charge on any atom is -0.336 e. The number of carbonyl (C=O) groups excluding carboxylic acids is 1. The van der Waals surface area contributed by atoms with Crippen molar-refractivity contribution in [2.75, 3.05) is 26.2 Å². The maximum absolute atomic E-state index is 13.4. The molecule has 2 aliphatic rings. The van der Waals surface area contributed by atoms with E-state index in [-0.39, 0.29) is 23.7 Å². The van der Waals surface area contributed by atoms with Gasteiger partial charge in [-0.3, -0.25) is 9.69 Å². The predicted octanol–water partition coefficient (Wildman–Crippen LogP) is 2.29. The lowest BCUT2D eigenvalue weighted by Gasteiger charge is -2.37. The van der Waals surface area contributed by atoms with E-state index in [4.69, 9.17) is 0 Å². The summed E-state index contributed by atoms with van der Waals surface area (Å²) in [5.41, 5.74) is 8.12. The standard InChI is InChI=1S/C20H22F2N4O/c21-16-7-6-15(12-17(16)22)20(27)26-10-8-25(9-11-26)19-13-18(23-24-19)14-4-2-1-3-5-14/h1-7,12,18-19,23-24H,8-11,13H2. The number of nitrogens with zero attached hydrogens (tertiary/aromatic N) is 2. The molecule has 142 valence electrons. The molecule has 2 aliphatic heterocycles. The number of hydrogen-bond donors (Lipinski definition) is 2. The molecule has 2 N–H and O–H groups in total. The molecule has 0 bridgehead atoms. The van der Waals surface area contributed by atoms with Crippen LogP contribution in [0.2, 0.25) is 0 Å². The fourth-order valence-corrected chi connectivity index (χ4v) is 3.73. The molecule has 2 atom stereocenters. The first-order chi connectivity index (χ1) is 13.1. The number of nitrogens with one attached hydrogen (secondary N) is 2. The largest absolute Gasteiger partial charge is 0.336 e. The third-order valence-corrected chi connectivity index (χ3v) is 5.29. The number of benzene rings is 2. The van der Waals surface area contributed by atoms with Crippen molar-refractivity contribution in [1.82, 2.24) is 20.7 Å². The summed E-state index contributed by atoms with van der Waals surface area (Å²) in [7, 11) is 0. The van der Waals surface area contributed by atoms with Gasteiger partial charge in [-0.1, -0.05) is 30.3 Å². The molecule has 0 saturated carbocycles. The molecule has 2 fully saturated rings. The van der Waals surface area contributed by atoms with Crippen LogP contribution >= 0.6 is 0 Å². The van der Waals surface area contributed by atoms with Crippen molar-refractivity contribution in [2.45, 2.75) is 18.6 Å². The van der Waals surface area contributed by atoms with E-state index < -0.39 is 11.6 Å². The van der Waals surface area contributed by atoms with Gasteiger partial charge < -0.3 is 4.90 Å². The molecular formula is C20H22F2N4O. The van der Waals surface area contributed by atoms with E-state index >= 15 is 0 Å². The van der Waals surface area contributed by atoms with Crippen molar-refractivity contribution in [3.63, 3.8) is 0 Å². The molecule has 2 aromatic rings. The van der Waals surface area contributed by atoms with Gasteiger partial charge in [0.05, 0.1) is 6.17 Å². The highest BCUT2D eigenvalue weighted by Crippen LogP contribution is 2.24. The fraction of sp³-hybridized carbons (Fsp3) is 0.350. The fourth-order valence-electron chi connectivity index (χ4n) is 3.73. The number of amides is 1. The predicted molar refractivity (Wildman–Crippen MR) is 97.7 cm³/mol. The molecule has 1 amide bonds. The number of halogens is 2. The Balaban J connectivity index is 1.32. The van der Waals surface area contributed by atoms with E-state index in [2.05, 4.69) is 27.9 Å². The van der Waals surface area contributed by atoms with Crippen molar-refractivity contribution in [2.24, 2.45) is 0 Å². The summed E-state index contributed by atoms with van der Waals surface area (Å²) >= 11 is 0. The van der Waals surface area contributed by atoms with Gasteiger partial charge >= 0.3 is 0 Å². The minimum atomic E-state index is -0.993. The Morgan fingerprint density at radius 1 is 0.926 bits per heavy atom. The van der Waals surface area contributed by atoms with Crippen LogP contribution in [0.4, 0.5) is 8.78 Å². The van der Waals surface area contributed by atoms with E-state index in [1.165, 1.54) is 11.6 Å². The molecule has 7 heteroatoms. The molecule has 2 unspecified atom stereocenters. The maximum atomic E-state index is 13.4. The highest BCUT2D eigenvalue weighted by molar-refractivity contribution is 5.94. The summed E-state index contributed by atoms with van der Waals surface area (Å²) in [6, 6.07) is 13.9. The van der Waals surface area contributed by atoms with Crippen LogP contribution in [0.5, 0.6) is 0 Å². The molecule has 2 heterocycles. The molecule has 0 spiro atoms. The van der Waals surface area contributed by atoms with Crippen LogP contribution in [0.15, 0.2) is 48.5 Å². The topological polar surface area (TPSA) is 47.6 Å². The smallest absolute Gasteiger partial charge is 0.254 e. The Morgan fingerprint density at radius 3 is 2.37 bits per heavy atom. The van der Waals surface area contributed by atoms with Crippen molar-refractivity contribution in [3.05, 3.63) is 71.3 Å². The highest BCUT2D eigenvalue weighted by Gasteiger charge is 2.32. The van der Waals surface area contributed by atoms with Crippen molar-refractivity contribution >= 4 is 5.91 Å². The van der Waals surface area contributed by atoms with Crippen molar-refractivity contribution in [1.29, 1.82) is 0 Å². The lowest BCUT2D eigenvalue weighted by molar-refractivity contribution is 0.0544. The summed E-state index contributed by atoms with van der Waals surface area (Å²) in [6.45, 7) is 2.59. The van der Waals surface area contributed by atoms with E-state index in [0.717, 1.165) is 31.6 Å². The number of hydrogen-bond acceptors (Lipinski definition) is 4. The van der Waals surface area contributed by atoms with Crippen LogP contribution in [0.25, 0.3) is 0 Å². The van der Waals surface area contributed by atoms with Gasteiger partial charge in [-0.05, 0) is 30.2 Å². The van der Waals surface area contributed by atoms with E-state index in [1.54, 1.807) is 4.90 Å². The molecule has 27 heavy (non-hydrogen) atoms. The van der Waals surface area contributed by atoms with E-state index in [0.29, 0.717) is 13.1 Å². The van der Waals surface area contributed by atoms with Crippen molar-refractivity contribution < 1.29 is 13.6 Å². The van der Waals surface area contributed by atoms with Gasteiger partial charge in [-0.2, -0.15) is 0 Å². The Bertz CT molecular complexity index is 809. The molecule has 0 aliphatic carbocycles. The summed E-state index contributed by atoms with van der Waals surface area (Å²) in [5, 5.41) is 0. The van der Waals surface area contributed by atoms with Gasteiger partial charge in [0.15, 0.2) is 11.6 Å². The van der Waals surface area contributed by atoms with Crippen LogP contribution < -0.4 is 10.9 Å². The number of piperazine rings is 1. The monoisotopic (exact) mass is 372 g/mol. The zero-order valence-corrected chi connectivity index (χ0v) is 14.9. The Hall–Kier alpha value is -2.35. The summed E-state index contributed by atoms with van der Waals surface area (Å²) in [6.07, 6.45) is 1.15. The molecule has 4 rings (SSSR count). The van der Waals surface area contributed by atoms with Crippen LogP contribution in [-0.2, 0) is 0 Å². The first kappa shape index (κ1) is 18.0. The van der Waals surface area contributed by atoms with Gasteiger partial charge in [0.2, 0.25) is 0 Å². The average Bonchev–Trinajstić information content (AvgIpc) is 3.21. The molecule has 2 saturated heterocycles. The second-order valence-electron chi connectivity index (χ2n) is 6.96. The van der Waals surface area contributed by atoms with Crippen LogP contribution in [-0.4, -0.2) is 48.1 Å². The summed E-state index contributed by atoms with van der Waals surface area (Å²) in [5.74, 6) is -2.19. The third-order valence-electron chi connectivity index (χ3n) is 5.29. The molecule has 0 radical (unpaired) electrons. The van der Waals surface area contributed by atoms with E-state index in [1.807, 2.05) is 18.2 Å². The molecular weight excluding hydrogens is 350 g/mol. The van der Waals surface area contributed by atoms with Gasteiger partial charge in [0.25, 0.3) is 5.91 Å². The molecule has 2 aromatic carbocycles. The van der Waals surface area contributed by atoms with Crippen LogP contribution in [0, 0.1) is 11.6 Å². The lowest BCUT2D eigenvalue weighted by atomic mass is 10.0. The minimum absolute atomic E-state index is 0.187. The first-order valence-electron chi connectivity index (χ1n) is 9.16. The summed E-state index contributed by atoms with van der Waals surface area (Å²) in [4.78, 5) is 16.5. The third kappa shape index (κ3) is 3.85. The lowest BCUT2D eigenvalue weighted by Crippen LogP contribution is -2.55. The molecule has 0 aromatic heterocycles. The van der Waals surface area contributed by atoms with Gasteiger partial charge in [0.1, 0.15) is 0 Å². The Kier molecular flexibility index (Phi) is 5.15. The van der Waals surface area contributed by atoms with Crippen LogP contribution in [0.1, 0.15) is 28.4 Å². The normalized spacial score (nSPS) is 23.6. The zero-order valence-electron chi connectivity index (χ0n) is 14.9. The summed E-state index contributed by atoms with van der Waals surface area (Å²) < 4.78 is 26.4. The molecule has 5 nitrogen and oxygen atoms in total. The quantitative estimate of drug-likeness (QED) is 0.868. The highest BCUT2D eigenvalue weighted by atomic mass is 19.2. The number of hydrazine groups is 1. The second kappa shape index (κ2) is 7.72. The first-order valence-corrected chi connectivity index (χ1v) is 9.16. The number of carbonyl (C=O) groups is 1.